The maximum atomic E-state index is 13.4. The fourth-order valence-corrected chi connectivity index (χ4v) is 4.21. The number of rotatable bonds is 6. The smallest absolute Gasteiger partial charge is 0.433 e. The van der Waals surface area contributed by atoms with E-state index >= 15 is 0 Å². The van der Waals surface area contributed by atoms with E-state index in [0.29, 0.717) is 24.1 Å². The third kappa shape index (κ3) is 4.32. The van der Waals surface area contributed by atoms with Crippen molar-refractivity contribution in [3.63, 3.8) is 0 Å². The number of carbonyl (C=O) groups excluding carboxylic acids is 1. The van der Waals surface area contributed by atoms with Gasteiger partial charge in [0.2, 0.25) is 5.89 Å². The van der Waals surface area contributed by atoms with E-state index < -0.39 is 17.9 Å². The SMILES string of the molecule is COC[C@@H]1CCCN1C(=O)c1nc(-c2ccc(OC)c3nc(C(F)(F)F)ccc23)oc1[C@H](C)N. The minimum absolute atomic E-state index is 0.00273. The molecule has 0 radical (unpaired) electrons. The standard InChI is InChI=1S/C23H25F3N4O4/c1-12(27)20-19(22(31)30-10-4-5-13(30)11-32-2)29-21(34-20)15-6-8-16(33-3)18-14(15)7-9-17(28-18)23(24,25)26/h6-9,12-13H,4-5,10-11,27H2,1-3H3/t12-,13-/m0/s1. The van der Waals surface area contributed by atoms with E-state index in [1.807, 2.05) is 0 Å². The van der Waals surface area contributed by atoms with Gasteiger partial charge in [0, 0.05) is 24.6 Å². The molecule has 1 aliphatic rings. The number of benzene rings is 1. The maximum absolute atomic E-state index is 13.4. The summed E-state index contributed by atoms with van der Waals surface area (Å²) in [5, 5.41) is 0.335. The van der Waals surface area contributed by atoms with Crippen molar-refractivity contribution in [1.82, 2.24) is 14.9 Å². The fraction of sp³-hybridized carbons (Fsp3) is 0.435. The van der Waals surface area contributed by atoms with Crippen molar-refractivity contribution in [2.75, 3.05) is 27.4 Å². The molecule has 11 heteroatoms. The van der Waals surface area contributed by atoms with Gasteiger partial charge >= 0.3 is 6.18 Å². The summed E-state index contributed by atoms with van der Waals surface area (Å²) in [5.41, 5.74) is 5.48. The van der Waals surface area contributed by atoms with Crippen LogP contribution in [0.5, 0.6) is 5.75 Å². The van der Waals surface area contributed by atoms with E-state index in [2.05, 4.69) is 9.97 Å². The van der Waals surface area contributed by atoms with Crippen LogP contribution in [0.2, 0.25) is 0 Å². The second-order valence-corrected chi connectivity index (χ2v) is 8.18. The highest BCUT2D eigenvalue weighted by molar-refractivity contribution is 5.98. The molecule has 34 heavy (non-hydrogen) atoms. The number of nitrogens with two attached hydrogens (primary N) is 1. The van der Waals surface area contributed by atoms with Gasteiger partial charge in [0.25, 0.3) is 5.91 Å². The molecule has 2 aromatic heterocycles. The monoisotopic (exact) mass is 478 g/mol. The Labute approximate surface area is 193 Å². The van der Waals surface area contributed by atoms with Crippen LogP contribution >= 0.6 is 0 Å². The van der Waals surface area contributed by atoms with E-state index in [1.165, 1.54) is 19.2 Å². The Morgan fingerprint density at radius 1 is 1.26 bits per heavy atom. The Morgan fingerprint density at radius 2 is 2.03 bits per heavy atom. The van der Waals surface area contributed by atoms with Crippen LogP contribution in [0.25, 0.3) is 22.4 Å². The minimum Gasteiger partial charge on any atom is -0.494 e. The number of nitrogens with zero attached hydrogens (tertiary/aromatic N) is 3. The Balaban J connectivity index is 1.82. The summed E-state index contributed by atoms with van der Waals surface area (Å²) in [6.45, 7) is 2.63. The van der Waals surface area contributed by atoms with Crippen LogP contribution in [-0.2, 0) is 10.9 Å². The average molecular weight is 478 g/mol. The van der Waals surface area contributed by atoms with Crippen LogP contribution in [0, 0.1) is 0 Å². The van der Waals surface area contributed by atoms with Crippen LogP contribution in [-0.4, -0.2) is 54.2 Å². The molecule has 2 N–H and O–H groups in total. The van der Waals surface area contributed by atoms with E-state index in [9.17, 15) is 18.0 Å². The highest BCUT2D eigenvalue weighted by atomic mass is 19.4. The van der Waals surface area contributed by atoms with Gasteiger partial charge in [0.15, 0.2) is 11.5 Å². The number of likely N-dealkylation sites (tertiary alicyclic amines) is 1. The van der Waals surface area contributed by atoms with Gasteiger partial charge in [-0.15, -0.1) is 0 Å². The van der Waals surface area contributed by atoms with Gasteiger partial charge in [-0.1, -0.05) is 0 Å². The summed E-state index contributed by atoms with van der Waals surface area (Å²) in [6, 6.07) is 4.54. The lowest BCUT2D eigenvalue weighted by molar-refractivity contribution is -0.140. The van der Waals surface area contributed by atoms with Crippen LogP contribution in [0.3, 0.4) is 0 Å². The zero-order chi connectivity index (χ0) is 24.6. The molecule has 1 aliphatic heterocycles. The molecule has 1 fully saturated rings. The quantitative estimate of drug-likeness (QED) is 0.567. The van der Waals surface area contributed by atoms with E-state index in [1.54, 1.807) is 25.0 Å². The summed E-state index contributed by atoms with van der Waals surface area (Å²) in [4.78, 5) is 23.3. The number of oxazole rings is 1. The third-order valence-corrected chi connectivity index (χ3v) is 5.83. The summed E-state index contributed by atoms with van der Waals surface area (Å²) in [6.07, 6.45) is -2.96. The molecule has 1 aromatic carbocycles. The predicted octanol–water partition coefficient (Wildman–Crippen LogP) is 4.19. The first-order valence-electron chi connectivity index (χ1n) is 10.8. The molecule has 0 unspecified atom stereocenters. The van der Waals surface area contributed by atoms with Crippen molar-refractivity contribution >= 4 is 16.8 Å². The van der Waals surface area contributed by atoms with Gasteiger partial charge in [0.05, 0.1) is 25.8 Å². The Kier molecular flexibility index (Phi) is 6.50. The Bertz CT molecular complexity index is 1210. The van der Waals surface area contributed by atoms with Gasteiger partial charge in [-0.25, -0.2) is 9.97 Å². The molecule has 0 bridgehead atoms. The first-order valence-corrected chi connectivity index (χ1v) is 10.8. The molecule has 4 rings (SSSR count). The normalized spacial score (nSPS) is 17.4. The number of aromatic nitrogens is 2. The number of hydrogen-bond acceptors (Lipinski definition) is 7. The number of carbonyl (C=O) groups is 1. The molecule has 2 atom stereocenters. The molecule has 8 nitrogen and oxygen atoms in total. The first-order chi connectivity index (χ1) is 16.2. The summed E-state index contributed by atoms with van der Waals surface area (Å²) in [7, 11) is 2.93. The number of amides is 1. The lowest BCUT2D eigenvalue weighted by Crippen LogP contribution is -2.38. The number of ether oxygens (including phenoxy) is 2. The van der Waals surface area contributed by atoms with Gasteiger partial charge in [-0.2, -0.15) is 13.2 Å². The number of halogens is 3. The van der Waals surface area contributed by atoms with E-state index in [0.717, 1.165) is 18.9 Å². The molecule has 3 heterocycles. The lowest BCUT2D eigenvalue weighted by atomic mass is 10.1. The first kappa shape index (κ1) is 24.0. The fourth-order valence-electron chi connectivity index (χ4n) is 4.21. The van der Waals surface area contributed by atoms with E-state index in [-0.39, 0.29) is 40.6 Å². The molecular formula is C23H25F3N4O4. The lowest BCUT2D eigenvalue weighted by Gasteiger charge is -2.23. The summed E-state index contributed by atoms with van der Waals surface area (Å²) < 4.78 is 56.1. The molecule has 3 aromatic rings. The van der Waals surface area contributed by atoms with Crippen molar-refractivity contribution in [2.24, 2.45) is 5.73 Å². The van der Waals surface area contributed by atoms with Crippen molar-refractivity contribution in [2.45, 2.75) is 38.0 Å². The highest BCUT2D eigenvalue weighted by Gasteiger charge is 2.35. The Hall–Kier alpha value is -3.18. The Morgan fingerprint density at radius 3 is 2.68 bits per heavy atom. The van der Waals surface area contributed by atoms with Gasteiger partial charge in [-0.3, -0.25) is 4.79 Å². The molecule has 1 amide bonds. The van der Waals surface area contributed by atoms with E-state index in [4.69, 9.17) is 19.6 Å². The van der Waals surface area contributed by atoms with Crippen molar-refractivity contribution in [3.05, 3.63) is 41.4 Å². The van der Waals surface area contributed by atoms with Crippen molar-refractivity contribution in [1.29, 1.82) is 0 Å². The molecule has 1 saturated heterocycles. The number of fused-ring (bicyclic) bond motifs is 1. The molecule has 0 saturated carbocycles. The van der Waals surface area contributed by atoms with Crippen LogP contribution in [0.4, 0.5) is 13.2 Å². The molecule has 0 spiro atoms. The predicted molar refractivity (Wildman–Crippen MR) is 117 cm³/mol. The average Bonchev–Trinajstić information content (AvgIpc) is 3.45. The van der Waals surface area contributed by atoms with Gasteiger partial charge in [0.1, 0.15) is 17.0 Å². The van der Waals surface area contributed by atoms with Crippen LogP contribution in [0.15, 0.2) is 28.7 Å². The summed E-state index contributed by atoms with van der Waals surface area (Å²) >= 11 is 0. The van der Waals surface area contributed by atoms with Gasteiger partial charge < -0.3 is 24.5 Å². The largest absolute Gasteiger partial charge is 0.494 e. The highest BCUT2D eigenvalue weighted by Crippen LogP contribution is 2.37. The van der Waals surface area contributed by atoms with Crippen LogP contribution < -0.4 is 10.5 Å². The number of hydrogen-bond donors (Lipinski definition) is 1. The second kappa shape index (κ2) is 9.22. The zero-order valence-electron chi connectivity index (χ0n) is 19.0. The number of pyridine rings is 1. The summed E-state index contributed by atoms with van der Waals surface area (Å²) in [5.74, 6) is 0.107. The second-order valence-electron chi connectivity index (χ2n) is 8.18. The van der Waals surface area contributed by atoms with Crippen molar-refractivity contribution in [3.8, 4) is 17.2 Å². The molecular weight excluding hydrogens is 453 g/mol. The minimum atomic E-state index is -4.62. The topological polar surface area (TPSA) is 104 Å². The van der Waals surface area contributed by atoms with Gasteiger partial charge in [-0.05, 0) is 44.0 Å². The molecule has 182 valence electrons. The number of methoxy groups -OCH3 is 2. The van der Waals surface area contributed by atoms with Crippen molar-refractivity contribution < 1.29 is 31.9 Å². The maximum Gasteiger partial charge on any atom is 0.433 e. The number of alkyl halides is 3. The third-order valence-electron chi connectivity index (χ3n) is 5.83. The zero-order valence-corrected chi connectivity index (χ0v) is 19.0. The van der Waals surface area contributed by atoms with Crippen LogP contribution in [0.1, 0.15) is 47.7 Å². The molecule has 0 aliphatic carbocycles.